The van der Waals surface area contributed by atoms with Crippen molar-refractivity contribution in [2.45, 2.75) is 374 Å². The summed E-state index contributed by atoms with van der Waals surface area (Å²) in [4.78, 5) is 38.4. The largest absolute Gasteiger partial charge is 0.462 e. The Balaban J connectivity index is 4.26. The highest BCUT2D eigenvalue weighted by molar-refractivity contribution is 5.71. The Bertz CT molecular complexity index is 1330. The van der Waals surface area contributed by atoms with Crippen molar-refractivity contribution in [1.29, 1.82) is 0 Å². The van der Waals surface area contributed by atoms with Crippen LogP contribution in [0.1, 0.15) is 367 Å². The Hall–Kier alpha value is -2.63. The smallest absolute Gasteiger partial charge is 0.306 e. The molecule has 1 atom stereocenters. The van der Waals surface area contributed by atoms with Gasteiger partial charge in [-0.3, -0.25) is 14.4 Å². The second-order valence-electron chi connectivity index (χ2n) is 23.1. The highest BCUT2D eigenvalue weighted by Crippen LogP contribution is 2.17. The van der Waals surface area contributed by atoms with Crippen molar-refractivity contribution < 1.29 is 28.6 Å². The lowest BCUT2D eigenvalue weighted by atomic mass is 10.0. The molecule has 0 amide bonds. The lowest BCUT2D eigenvalue weighted by molar-refractivity contribution is -0.167. The van der Waals surface area contributed by atoms with Crippen molar-refractivity contribution >= 4 is 17.9 Å². The third-order valence-corrected chi connectivity index (χ3v) is 15.3. The van der Waals surface area contributed by atoms with E-state index >= 15 is 0 Å². The van der Waals surface area contributed by atoms with Crippen molar-refractivity contribution in [1.82, 2.24) is 0 Å². The van der Waals surface area contributed by atoms with Crippen LogP contribution in [0, 0.1) is 0 Å². The first-order chi connectivity index (χ1) is 38.0. The van der Waals surface area contributed by atoms with Gasteiger partial charge in [0.2, 0.25) is 0 Å². The first-order valence-corrected chi connectivity index (χ1v) is 34.1. The predicted molar refractivity (Wildman–Crippen MR) is 335 cm³/mol. The Kier molecular flexibility index (Phi) is 63.6. The second kappa shape index (κ2) is 65.9. The molecule has 1 unspecified atom stereocenters. The summed E-state index contributed by atoms with van der Waals surface area (Å²) in [6.07, 6.45) is 82.7. The highest BCUT2D eigenvalue weighted by atomic mass is 16.6. The summed E-state index contributed by atoms with van der Waals surface area (Å²) >= 11 is 0. The van der Waals surface area contributed by atoms with E-state index in [-0.39, 0.29) is 31.1 Å². The summed E-state index contributed by atoms with van der Waals surface area (Å²) in [5.74, 6) is -0.871. The topological polar surface area (TPSA) is 78.9 Å². The van der Waals surface area contributed by atoms with E-state index in [2.05, 4.69) is 69.4 Å². The number of unbranched alkanes of at least 4 members (excludes halogenated alkanes) is 44. The van der Waals surface area contributed by atoms with Crippen LogP contribution in [0.5, 0.6) is 0 Å². The van der Waals surface area contributed by atoms with Crippen molar-refractivity contribution in [3.63, 3.8) is 0 Å². The van der Waals surface area contributed by atoms with E-state index in [1.54, 1.807) is 0 Å². The SMILES string of the molecule is CCCCCCC/C=C\C/C=C\CCCCCCCCCCCCCCCCCC(=O)OCC(COC(=O)CCCCCCC/C=C\CCCCCCCCC)OC(=O)CCCCCCC/C=C\CCCCCCCCC. The Morgan fingerprint density at radius 2 is 0.468 bits per heavy atom. The molecule has 0 aliphatic carbocycles. The van der Waals surface area contributed by atoms with Gasteiger partial charge in [0.15, 0.2) is 6.10 Å². The zero-order chi connectivity index (χ0) is 55.7. The average Bonchev–Trinajstić information content (AvgIpc) is 3.43. The van der Waals surface area contributed by atoms with E-state index in [1.165, 1.54) is 250 Å². The highest BCUT2D eigenvalue weighted by Gasteiger charge is 2.19. The minimum absolute atomic E-state index is 0.0759. The number of allylic oxidation sites excluding steroid dienone is 8. The third-order valence-electron chi connectivity index (χ3n) is 15.3. The van der Waals surface area contributed by atoms with Crippen LogP contribution in [-0.2, 0) is 28.6 Å². The molecule has 0 radical (unpaired) electrons. The zero-order valence-electron chi connectivity index (χ0n) is 51.7. The van der Waals surface area contributed by atoms with Gasteiger partial charge in [0, 0.05) is 19.3 Å². The first-order valence-electron chi connectivity index (χ1n) is 34.1. The van der Waals surface area contributed by atoms with E-state index in [0.717, 1.165) is 77.0 Å². The number of ether oxygens (including phenoxy) is 3. The fourth-order valence-electron chi connectivity index (χ4n) is 10.1. The monoisotopic (exact) mass is 1080 g/mol. The summed E-state index contributed by atoms with van der Waals surface area (Å²) in [6, 6.07) is 0. The maximum atomic E-state index is 12.9. The summed E-state index contributed by atoms with van der Waals surface area (Å²) in [7, 11) is 0. The number of carbonyl (C=O) groups excluding carboxylic acids is 3. The number of hydrogen-bond acceptors (Lipinski definition) is 6. The molecule has 0 fully saturated rings. The molecule has 0 saturated heterocycles. The number of esters is 3. The Morgan fingerprint density at radius 1 is 0.260 bits per heavy atom. The number of rotatable bonds is 63. The summed E-state index contributed by atoms with van der Waals surface area (Å²) in [5, 5.41) is 0. The van der Waals surface area contributed by atoms with Crippen LogP contribution in [0.4, 0.5) is 0 Å². The van der Waals surface area contributed by atoms with E-state index in [0.29, 0.717) is 19.3 Å². The van der Waals surface area contributed by atoms with Crippen LogP contribution in [0.15, 0.2) is 48.6 Å². The normalized spacial score (nSPS) is 12.3. The molecule has 0 saturated carbocycles. The summed E-state index contributed by atoms with van der Waals surface area (Å²) in [5.41, 5.74) is 0. The van der Waals surface area contributed by atoms with Gasteiger partial charge in [-0.25, -0.2) is 0 Å². The molecule has 0 spiro atoms. The lowest BCUT2D eigenvalue weighted by Crippen LogP contribution is -2.30. The van der Waals surface area contributed by atoms with Crippen molar-refractivity contribution in [3.05, 3.63) is 48.6 Å². The fraction of sp³-hybridized carbons (Fsp3) is 0.845. The van der Waals surface area contributed by atoms with Crippen LogP contribution in [0.25, 0.3) is 0 Å². The van der Waals surface area contributed by atoms with Gasteiger partial charge in [-0.05, 0) is 103 Å². The van der Waals surface area contributed by atoms with E-state index in [9.17, 15) is 14.4 Å². The van der Waals surface area contributed by atoms with E-state index in [4.69, 9.17) is 14.2 Å². The molecule has 6 heteroatoms. The minimum Gasteiger partial charge on any atom is -0.462 e. The van der Waals surface area contributed by atoms with Gasteiger partial charge in [0.05, 0.1) is 0 Å². The summed E-state index contributed by atoms with van der Waals surface area (Å²) < 4.78 is 17.0. The Morgan fingerprint density at radius 3 is 0.727 bits per heavy atom. The quantitative estimate of drug-likeness (QED) is 0.0261. The molecule has 450 valence electrons. The molecule has 0 N–H and O–H groups in total. The molecule has 77 heavy (non-hydrogen) atoms. The predicted octanol–water partition coefficient (Wildman–Crippen LogP) is 23.3. The minimum atomic E-state index is -0.780. The van der Waals surface area contributed by atoms with Crippen LogP contribution in [-0.4, -0.2) is 37.2 Å². The van der Waals surface area contributed by atoms with Gasteiger partial charge in [0.25, 0.3) is 0 Å². The molecule has 0 bridgehead atoms. The van der Waals surface area contributed by atoms with Crippen LogP contribution in [0.2, 0.25) is 0 Å². The van der Waals surface area contributed by atoms with Gasteiger partial charge in [-0.2, -0.15) is 0 Å². The molecule has 0 aliphatic rings. The molecule has 0 heterocycles. The van der Waals surface area contributed by atoms with Crippen molar-refractivity contribution in [3.8, 4) is 0 Å². The number of hydrogen-bond donors (Lipinski definition) is 0. The van der Waals surface area contributed by atoms with Crippen molar-refractivity contribution in [2.75, 3.05) is 13.2 Å². The van der Waals surface area contributed by atoms with Crippen LogP contribution < -0.4 is 0 Å². The molecular weight excluding hydrogens is 949 g/mol. The molecular formula is C71H130O6. The van der Waals surface area contributed by atoms with Crippen LogP contribution in [0.3, 0.4) is 0 Å². The van der Waals surface area contributed by atoms with Crippen molar-refractivity contribution in [2.24, 2.45) is 0 Å². The first kappa shape index (κ1) is 74.4. The third kappa shape index (κ3) is 64.1. The zero-order valence-corrected chi connectivity index (χ0v) is 51.7. The van der Waals surface area contributed by atoms with Gasteiger partial charge >= 0.3 is 17.9 Å². The van der Waals surface area contributed by atoms with E-state index < -0.39 is 6.10 Å². The Labute approximate surface area is 479 Å². The van der Waals surface area contributed by atoms with Gasteiger partial charge in [-0.1, -0.05) is 294 Å². The fourth-order valence-corrected chi connectivity index (χ4v) is 10.1. The van der Waals surface area contributed by atoms with Gasteiger partial charge in [-0.15, -0.1) is 0 Å². The summed E-state index contributed by atoms with van der Waals surface area (Å²) in [6.45, 7) is 6.67. The molecule has 0 aromatic heterocycles. The van der Waals surface area contributed by atoms with Crippen LogP contribution >= 0.6 is 0 Å². The molecule has 0 aromatic rings. The molecule has 6 nitrogen and oxygen atoms in total. The maximum Gasteiger partial charge on any atom is 0.306 e. The van der Waals surface area contributed by atoms with Gasteiger partial charge < -0.3 is 14.2 Å². The second-order valence-corrected chi connectivity index (χ2v) is 23.1. The molecule has 0 rings (SSSR count). The standard InChI is InChI=1S/C71H130O6/c1-4-7-10-13-16-19-22-25-28-31-32-33-34-35-36-37-38-39-40-41-44-46-49-52-55-58-61-64-70(73)76-67-68(77-71(74)65-62-59-56-53-50-47-43-30-27-24-21-18-15-12-9-6-3)66-75-69(72)63-60-57-54-51-48-45-42-29-26-23-20-17-14-11-8-5-2/h22,25,29-32,42-43,68H,4-21,23-24,26-28,33-41,44-67H2,1-3H3/b25-22-,32-31-,42-29-,43-30-. The van der Waals surface area contributed by atoms with E-state index in [1.807, 2.05) is 0 Å². The maximum absolute atomic E-state index is 12.9. The van der Waals surface area contributed by atoms with Gasteiger partial charge in [0.1, 0.15) is 13.2 Å². The average molecular weight is 1080 g/mol. The molecule has 0 aromatic carbocycles. The molecule has 0 aliphatic heterocycles. The lowest BCUT2D eigenvalue weighted by Gasteiger charge is -2.18. The number of carbonyl (C=O) groups is 3.